The monoisotopic (exact) mass is 628 g/mol. The summed E-state index contributed by atoms with van der Waals surface area (Å²) in [6, 6.07) is -2.79. The van der Waals surface area contributed by atoms with Gasteiger partial charge < -0.3 is 19.8 Å². The number of esters is 1. The zero-order valence-corrected chi connectivity index (χ0v) is 27.3. The van der Waals surface area contributed by atoms with E-state index in [9.17, 15) is 19.2 Å². The summed E-state index contributed by atoms with van der Waals surface area (Å²) in [7, 11) is -2.28. The van der Waals surface area contributed by atoms with Crippen molar-refractivity contribution < 1.29 is 28.3 Å². The van der Waals surface area contributed by atoms with Crippen LogP contribution in [0.5, 0.6) is 0 Å². The molecule has 14 heteroatoms. The summed E-state index contributed by atoms with van der Waals surface area (Å²) in [6.45, 7) is 15.3. The Balaban J connectivity index is 2.94. The van der Waals surface area contributed by atoms with Crippen LogP contribution in [0.2, 0.25) is 18.1 Å². The highest BCUT2D eigenvalue weighted by Crippen LogP contribution is 2.37. The van der Waals surface area contributed by atoms with Crippen LogP contribution in [0.15, 0.2) is 12.2 Å². The number of rotatable bonds is 11. The second kappa shape index (κ2) is 15.0. The number of carbonyl (C=O) groups is 4. The Kier molecular flexibility index (Phi) is 13.7. The molecule has 0 bridgehead atoms. The Morgan fingerprint density at radius 3 is 2.28 bits per heavy atom. The maximum Gasteiger partial charge on any atom is 0.325 e. The first-order valence-electron chi connectivity index (χ1n) is 13.0. The largest absolute Gasteiger partial charge is 0.460 e. The van der Waals surface area contributed by atoms with E-state index in [1.165, 1.54) is 11.9 Å². The molecule has 0 spiro atoms. The molecule has 0 radical (unpaired) electrons. The summed E-state index contributed by atoms with van der Waals surface area (Å²) >= 11 is 16.9. The molecule has 1 aliphatic rings. The van der Waals surface area contributed by atoms with Crippen molar-refractivity contribution >= 4 is 66.8 Å². The molecule has 3 N–H and O–H groups in total. The fraction of sp³-hybridized carbons (Fsp3) is 0.760. The number of halogens is 3. The normalized spacial score (nSPS) is 19.3. The van der Waals surface area contributed by atoms with Crippen molar-refractivity contribution in [2.75, 3.05) is 13.2 Å². The minimum absolute atomic E-state index is 0.106. The van der Waals surface area contributed by atoms with E-state index in [-0.39, 0.29) is 17.4 Å². The van der Waals surface area contributed by atoms with Crippen molar-refractivity contribution in [2.24, 2.45) is 0 Å². The highest BCUT2D eigenvalue weighted by atomic mass is 35.6. The number of allylic oxidation sites excluding steroid dienone is 1. The minimum atomic E-state index is -2.28. The van der Waals surface area contributed by atoms with Crippen LogP contribution in [-0.2, 0) is 28.3 Å². The molecule has 1 heterocycles. The summed E-state index contributed by atoms with van der Waals surface area (Å²) in [6.07, 6.45) is 3.84. The van der Waals surface area contributed by atoms with Gasteiger partial charge in [0, 0.05) is 13.0 Å². The van der Waals surface area contributed by atoms with E-state index in [4.69, 9.17) is 44.0 Å². The lowest BCUT2D eigenvalue weighted by Gasteiger charge is -2.40. The summed E-state index contributed by atoms with van der Waals surface area (Å²) in [5.41, 5.74) is 2.83. The van der Waals surface area contributed by atoms with E-state index >= 15 is 0 Å². The second-order valence-electron chi connectivity index (χ2n) is 11.2. The molecule has 39 heavy (non-hydrogen) atoms. The van der Waals surface area contributed by atoms with Gasteiger partial charge in [0.1, 0.15) is 24.7 Å². The van der Waals surface area contributed by atoms with Crippen molar-refractivity contribution in [1.82, 2.24) is 21.1 Å². The Morgan fingerprint density at radius 2 is 1.74 bits per heavy atom. The number of nitrogens with one attached hydrogen (secondary N) is 3. The van der Waals surface area contributed by atoms with Crippen LogP contribution < -0.4 is 16.1 Å². The fourth-order valence-electron chi connectivity index (χ4n) is 3.53. The zero-order valence-electron chi connectivity index (χ0n) is 24.0. The van der Waals surface area contributed by atoms with Gasteiger partial charge in [0.2, 0.25) is 15.6 Å². The molecule has 224 valence electrons. The van der Waals surface area contributed by atoms with Crippen molar-refractivity contribution in [3.05, 3.63) is 12.2 Å². The third-order valence-electron chi connectivity index (χ3n) is 6.74. The number of hydrogen-bond acceptors (Lipinski definition) is 7. The van der Waals surface area contributed by atoms with Crippen LogP contribution >= 0.6 is 34.8 Å². The predicted octanol–water partition coefficient (Wildman–Crippen LogP) is 3.76. The molecule has 0 aliphatic carbocycles. The maximum atomic E-state index is 13.4. The molecule has 1 fully saturated rings. The second-order valence-corrected chi connectivity index (χ2v) is 18.4. The molecule has 1 aliphatic heterocycles. The lowest BCUT2D eigenvalue weighted by molar-refractivity contribution is -0.153. The summed E-state index contributed by atoms with van der Waals surface area (Å²) in [5.74, 6) is -2.01. The van der Waals surface area contributed by atoms with Crippen LogP contribution in [-0.4, -0.2) is 78.2 Å². The van der Waals surface area contributed by atoms with Gasteiger partial charge in [-0.05, 0) is 51.7 Å². The van der Waals surface area contributed by atoms with Crippen molar-refractivity contribution in [2.45, 2.75) is 107 Å². The van der Waals surface area contributed by atoms with E-state index in [2.05, 4.69) is 49.9 Å². The predicted molar refractivity (Wildman–Crippen MR) is 156 cm³/mol. The molecule has 0 unspecified atom stereocenters. The van der Waals surface area contributed by atoms with Crippen LogP contribution in [0.3, 0.4) is 0 Å². The molecular weight excluding hydrogens is 587 g/mol. The summed E-state index contributed by atoms with van der Waals surface area (Å²) < 4.78 is 9.67. The SMILES string of the molecule is C/C=C/CC(=O)N[C@H](C(=O)N[C@@H](C)C(=O)N1CCC[C@@H](C(=O)OCC(Cl)(Cl)Cl)N1)[C@@H](C)O[Si](C)(C)C(C)(C)C. The van der Waals surface area contributed by atoms with Crippen molar-refractivity contribution in [3.8, 4) is 0 Å². The van der Waals surface area contributed by atoms with E-state index in [1.54, 1.807) is 26.0 Å². The molecule has 3 amide bonds. The molecular formula is C25H43Cl3N4O6Si. The van der Waals surface area contributed by atoms with Gasteiger partial charge in [0.25, 0.3) is 5.91 Å². The smallest absolute Gasteiger partial charge is 0.325 e. The van der Waals surface area contributed by atoms with Crippen molar-refractivity contribution in [1.29, 1.82) is 0 Å². The first kappa shape index (κ1) is 35.7. The molecule has 10 nitrogen and oxygen atoms in total. The number of ether oxygens (including phenoxy) is 1. The van der Waals surface area contributed by atoms with Gasteiger partial charge in [0.05, 0.1) is 6.10 Å². The van der Waals surface area contributed by atoms with Gasteiger partial charge in [-0.25, -0.2) is 5.43 Å². The highest BCUT2D eigenvalue weighted by molar-refractivity contribution is 6.74. The maximum absolute atomic E-state index is 13.4. The average Bonchev–Trinajstić information content (AvgIpc) is 2.82. The summed E-state index contributed by atoms with van der Waals surface area (Å²) in [4.78, 5) is 51.4. The molecule has 4 atom stereocenters. The number of hydrogen-bond donors (Lipinski definition) is 3. The van der Waals surface area contributed by atoms with Gasteiger partial charge in [-0.1, -0.05) is 67.7 Å². The van der Waals surface area contributed by atoms with E-state index < -0.39 is 60.7 Å². The Morgan fingerprint density at radius 1 is 1.13 bits per heavy atom. The van der Waals surface area contributed by atoms with Gasteiger partial charge in [0.15, 0.2) is 8.32 Å². The molecule has 0 aromatic heterocycles. The van der Waals surface area contributed by atoms with Gasteiger partial charge in [-0.3, -0.25) is 24.2 Å². The average molecular weight is 630 g/mol. The summed E-state index contributed by atoms with van der Waals surface area (Å²) in [5, 5.41) is 6.61. The Hall–Kier alpha value is -1.37. The highest BCUT2D eigenvalue weighted by Gasteiger charge is 2.42. The molecule has 1 rings (SSSR count). The zero-order chi connectivity index (χ0) is 30.2. The fourth-order valence-corrected chi connectivity index (χ4v) is 5.11. The van der Waals surface area contributed by atoms with Crippen LogP contribution in [0.4, 0.5) is 0 Å². The molecule has 0 aromatic carbocycles. The van der Waals surface area contributed by atoms with Gasteiger partial charge >= 0.3 is 5.97 Å². The quantitative estimate of drug-likeness (QED) is 0.138. The molecule has 1 saturated heterocycles. The third kappa shape index (κ3) is 11.9. The molecule has 0 aromatic rings. The van der Waals surface area contributed by atoms with Crippen LogP contribution in [0.1, 0.15) is 60.8 Å². The topological polar surface area (TPSA) is 126 Å². The lowest BCUT2D eigenvalue weighted by atomic mass is 10.1. The Labute approximate surface area is 247 Å². The third-order valence-corrected chi connectivity index (χ3v) is 11.6. The van der Waals surface area contributed by atoms with Crippen LogP contribution in [0, 0.1) is 0 Å². The van der Waals surface area contributed by atoms with E-state index in [0.29, 0.717) is 19.4 Å². The number of amides is 3. The molecule has 0 saturated carbocycles. The van der Waals surface area contributed by atoms with E-state index in [1.807, 2.05) is 0 Å². The number of carbonyl (C=O) groups excluding carboxylic acids is 4. The number of alkyl halides is 3. The first-order valence-corrected chi connectivity index (χ1v) is 17.0. The number of nitrogens with zero attached hydrogens (tertiary/aromatic N) is 1. The van der Waals surface area contributed by atoms with Crippen molar-refractivity contribution in [3.63, 3.8) is 0 Å². The standard InChI is InChI=1S/C25H43Cl3N4O6Si/c1-9-10-13-19(33)30-20(17(3)38-39(7,8)24(4,5)6)21(34)29-16(2)22(35)32-14-11-12-18(31-32)23(36)37-15-25(26,27)28/h9-10,16-18,20,31H,11-15H2,1-8H3,(H,29,34)(H,30,33)/b10-9+/t16-,17+,18-,20-/m0/s1. The minimum Gasteiger partial charge on any atom is -0.460 e. The van der Waals surface area contributed by atoms with Gasteiger partial charge in [-0.2, -0.15) is 0 Å². The van der Waals surface area contributed by atoms with Crippen LogP contribution in [0.25, 0.3) is 0 Å². The number of hydrazine groups is 1. The first-order chi connectivity index (χ1) is 17.8. The Bertz CT molecular complexity index is 907. The van der Waals surface area contributed by atoms with E-state index in [0.717, 1.165) is 0 Å². The van der Waals surface area contributed by atoms with Gasteiger partial charge in [-0.15, -0.1) is 0 Å². The lowest BCUT2D eigenvalue weighted by Crippen LogP contribution is -2.62.